The summed E-state index contributed by atoms with van der Waals surface area (Å²) in [4.78, 5) is 21.0. The molecule has 0 amide bonds. The van der Waals surface area contributed by atoms with Crippen LogP contribution in [0.25, 0.3) is 0 Å². The summed E-state index contributed by atoms with van der Waals surface area (Å²) < 4.78 is 0. The summed E-state index contributed by atoms with van der Waals surface area (Å²) in [5.74, 6) is 0.0399. The second kappa shape index (κ2) is 6.65. The van der Waals surface area contributed by atoms with E-state index < -0.39 is 17.1 Å². The molecule has 0 aliphatic heterocycles. The molecule has 1 aromatic carbocycles. The van der Waals surface area contributed by atoms with E-state index in [2.05, 4.69) is 0 Å². The molecule has 104 valence electrons. The molecule has 0 aromatic heterocycles. The molecule has 0 heterocycles. The zero-order valence-corrected chi connectivity index (χ0v) is 11.4. The largest absolute Gasteiger partial charge is 0.389 e. The van der Waals surface area contributed by atoms with Gasteiger partial charge >= 0.3 is 0 Å². The summed E-state index contributed by atoms with van der Waals surface area (Å²) in [5.41, 5.74) is 0.749. The second-order valence-electron chi connectivity index (χ2n) is 4.17. The molecule has 2 N–H and O–H groups in total. The maximum atomic E-state index is 10.8. The highest BCUT2D eigenvalue weighted by atomic mass is 32.2. The van der Waals surface area contributed by atoms with Gasteiger partial charge in [-0.15, -0.1) is 0 Å². The minimum atomic E-state index is -1.26. The summed E-state index contributed by atoms with van der Waals surface area (Å²) in [6.45, 7) is 3.03. The molecule has 6 nitrogen and oxygen atoms in total. The van der Waals surface area contributed by atoms with Gasteiger partial charge < -0.3 is 10.2 Å². The topological polar surface area (TPSA) is 101 Å². The Morgan fingerprint density at radius 2 is 2.05 bits per heavy atom. The van der Waals surface area contributed by atoms with E-state index in [1.165, 1.54) is 19.1 Å². The summed E-state index contributed by atoms with van der Waals surface area (Å²) in [6, 6.07) is 4.17. The highest BCUT2D eigenvalue weighted by Crippen LogP contribution is 2.25. The summed E-state index contributed by atoms with van der Waals surface area (Å²) >= 11 is 0.894. The number of carbonyl (C=O) groups is 1. The van der Waals surface area contributed by atoms with Gasteiger partial charge in [0.2, 0.25) is 0 Å². The van der Waals surface area contributed by atoms with Crippen LogP contribution < -0.4 is 0 Å². The first-order chi connectivity index (χ1) is 8.81. The summed E-state index contributed by atoms with van der Waals surface area (Å²) in [6.07, 6.45) is -2.42. The highest BCUT2D eigenvalue weighted by molar-refractivity contribution is 8.13. The summed E-state index contributed by atoms with van der Waals surface area (Å²) in [7, 11) is 0. The highest BCUT2D eigenvalue weighted by Gasteiger charge is 2.21. The van der Waals surface area contributed by atoms with E-state index in [9.17, 15) is 25.1 Å². The van der Waals surface area contributed by atoms with Crippen molar-refractivity contribution in [1.82, 2.24) is 0 Å². The van der Waals surface area contributed by atoms with Crippen molar-refractivity contribution in [2.75, 3.05) is 5.75 Å². The van der Waals surface area contributed by atoms with Crippen molar-refractivity contribution >= 4 is 22.6 Å². The molecule has 0 spiro atoms. The third kappa shape index (κ3) is 4.62. The maximum absolute atomic E-state index is 10.8. The monoisotopic (exact) mass is 285 g/mol. The van der Waals surface area contributed by atoms with Crippen LogP contribution >= 0.6 is 11.8 Å². The average molecular weight is 285 g/mol. The molecule has 0 radical (unpaired) electrons. The van der Waals surface area contributed by atoms with Crippen LogP contribution in [0.5, 0.6) is 0 Å². The minimum absolute atomic E-state index is 0.0399. The van der Waals surface area contributed by atoms with E-state index in [1.807, 2.05) is 0 Å². The predicted octanol–water partition coefficient (Wildman–Crippen LogP) is 1.58. The zero-order valence-electron chi connectivity index (χ0n) is 10.6. The molecular weight excluding hydrogens is 270 g/mol. The number of rotatable bonds is 5. The lowest BCUT2D eigenvalue weighted by molar-refractivity contribution is -0.385. The first-order valence-corrected chi connectivity index (χ1v) is 6.55. The SMILES string of the molecule is CC(=O)SCC(O)C(O)c1cc(C)cc([N+](=O)[O-])c1. The molecule has 0 bridgehead atoms. The van der Waals surface area contributed by atoms with E-state index in [0.717, 1.165) is 11.8 Å². The van der Waals surface area contributed by atoms with Gasteiger partial charge in [0.15, 0.2) is 5.12 Å². The predicted molar refractivity (Wildman–Crippen MR) is 71.9 cm³/mol. The smallest absolute Gasteiger partial charge is 0.270 e. The van der Waals surface area contributed by atoms with Gasteiger partial charge in [-0.1, -0.05) is 17.8 Å². The number of thioether (sulfide) groups is 1. The quantitative estimate of drug-likeness (QED) is 0.629. The lowest BCUT2D eigenvalue weighted by Gasteiger charge is -2.17. The van der Waals surface area contributed by atoms with Gasteiger partial charge in [0.25, 0.3) is 5.69 Å². The Hall–Kier alpha value is -1.44. The van der Waals surface area contributed by atoms with Crippen molar-refractivity contribution in [3.05, 3.63) is 39.4 Å². The number of nitrogens with zero attached hydrogens (tertiary/aromatic N) is 1. The number of non-ortho nitro benzene ring substituents is 1. The van der Waals surface area contributed by atoms with Crippen molar-refractivity contribution in [3.63, 3.8) is 0 Å². The van der Waals surface area contributed by atoms with Crippen LogP contribution in [0.3, 0.4) is 0 Å². The van der Waals surface area contributed by atoms with Crippen LogP contribution in [0.4, 0.5) is 5.69 Å². The maximum Gasteiger partial charge on any atom is 0.270 e. The van der Waals surface area contributed by atoms with E-state index in [0.29, 0.717) is 5.56 Å². The third-order valence-corrected chi connectivity index (χ3v) is 3.37. The zero-order chi connectivity index (χ0) is 14.6. The molecule has 19 heavy (non-hydrogen) atoms. The van der Waals surface area contributed by atoms with E-state index in [4.69, 9.17) is 0 Å². The van der Waals surface area contributed by atoms with Crippen molar-refractivity contribution in [1.29, 1.82) is 0 Å². The van der Waals surface area contributed by atoms with Crippen LogP contribution in [-0.4, -0.2) is 32.1 Å². The average Bonchev–Trinajstić information content (AvgIpc) is 2.34. The van der Waals surface area contributed by atoms with Crippen LogP contribution in [0.1, 0.15) is 24.2 Å². The van der Waals surface area contributed by atoms with Crippen molar-refractivity contribution in [3.8, 4) is 0 Å². The number of hydrogen-bond acceptors (Lipinski definition) is 6. The van der Waals surface area contributed by atoms with Gasteiger partial charge in [-0.05, 0) is 18.1 Å². The number of nitro groups is 1. The number of aliphatic hydroxyl groups excluding tert-OH is 2. The normalized spacial score (nSPS) is 13.9. The van der Waals surface area contributed by atoms with E-state index in [-0.39, 0.29) is 22.1 Å². The number of nitro benzene ring substituents is 1. The number of carbonyl (C=O) groups excluding carboxylic acids is 1. The van der Waals surface area contributed by atoms with Gasteiger partial charge in [0.05, 0.1) is 11.0 Å². The Morgan fingerprint density at radius 3 is 2.58 bits per heavy atom. The Morgan fingerprint density at radius 1 is 1.42 bits per heavy atom. The van der Waals surface area contributed by atoms with Crippen molar-refractivity contribution < 1.29 is 19.9 Å². The first-order valence-electron chi connectivity index (χ1n) is 5.56. The number of aliphatic hydroxyl groups is 2. The van der Waals surface area contributed by atoms with Crippen LogP contribution in [0, 0.1) is 17.0 Å². The molecule has 0 saturated carbocycles. The molecule has 0 aliphatic rings. The fourth-order valence-electron chi connectivity index (χ4n) is 1.58. The molecule has 2 atom stereocenters. The van der Waals surface area contributed by atoms with E-state index in [1.54, 1.807) is 13.0 Å². The Bertz CT molecular complexity index is 491. The molecule has 7 heteroatoms. The number of hydrogen-bond donors (Lipinski definition) is 2. The first kappa shape index (κ1) is 15.6. The number of benzene rings is 1. The third-order valence-electron chi connectivity index (χ3n) is 2.46. The Labute approximate surface area is 114 Å². The van der Waals surface area contributed by atoms with Gasteiger partial charge in [0, 0.05) is 24.8 Å². The second-order valence-corrected chi connectivity index (χ2v) is 5.37. The Kier molecular flexibility index (Phi) is 5.46. The van der Waals surface area contributed by atoms with Crippen LogP contribution in [-0.2, 0) is 4.79 Å². The van der Waals surface area contributed by atoms with Crippen molar-refractivity contribution in [2.24, 2.45) is 0 Å². The fourth-order valence-corrected chi connectivity index (χ4v) is 2.17. The van der Waals surface area contributed by atoms with Gasteiger partial charge in [0.1, 0.15) is 6.10 Å². The van der Waals surface area contributed by atoms with Crippen LogP contribution in [0.2, 0.25) is 0 Å². The lowest BCUT2D eigenvalue weighted by Crippen LogP contribution is -2.21. The Balaban J connectivity index is 2.89. The fraction of sp³-hybridized carbons (Fsp3) is 0.417. The van der Waals surface area contributed by atoms with Gasteiger partial charge in [-0.2, -0.15) is 0 Å². The molecule has 1 rings (SSSR count). The summed E-state index contributed by atoms with van der Waals surface area (Å²) in [5, 5.41) is 30.2. The molecule has 0 aliphatic carbocycles. The van der Waals surface area contributed by atoms with Gasteiger partial charge in [-0.3, -0.25) is 14.9 Å². The molecule has 0 saturated heterocycles. The van der Waals surface area contributed by atoms with Gasteiger partial charge in [-0.25, -0.2) is 0 Å². The minimum Gasteiger partial charge on any atom is -0.389 e. The molecule has 2 unspecified atom stereocenters. The molecular formula is C12H15NO5S. The molecule has 1 aromatic rings. The molecule has 0 fully saturated rings. The lowest BCUT2D eigenvalue weighted by atomic mass is 10.0. The number of aryl methyl sites for hydroxylation is 1. The van der Waals surface area contributed by atoms with Crippen molar-refractivity contribution in [2.45, 2.75) is 26.1 Å². The van der Waals surface area contributed by atoms with E-state index >= 15 is 0 Å². The van der Waals surface area contributed by atoms with Crippen LogP contribution in [0.15, 0.2) is 18.2 Å². The standard InChI is InChI=1S/C12H15NO5S/c1-7-3-9(5-10(4-7)13(17)18)12(16)11(15)6-19-8(2)14/h3-5,11-12,15-16H,6H2,1-2H3.